The summed E-state index contributed by atoms with van der Waals surface area (Å²) in [6, 6.07) is 16.2. The van der Waals surface area contributed by atoms with E-state index in [0.717, 1.165) is 19.0 Å². The Morgan fingerprint density at radius 1 is 0.889 bits per heavy atom. The molecule has 140 valence electrons. The minimum Gasteiger partial charge on any atom is -0.340 e. The van der Waals surface area contributed by atoms with E-state index < -0.39 is 11.7 Å². The Balaban J connectivity index is 1.87. The molecule has 0 atom stereocenters. The van der Waals surface area contributed by atoms with Gasteiger partial charge in [0.15, 0.2) is 0 Å². The molecule has 27 heavy (non-hydrogen) atoms. The summed E-state index contributed by atoms with van der Waals surface area (Å²) in [5.74, 6) is -0.210. The zero-order valence-electron chi connectivity index (χ0n) is 14.7. The van der Waals surface area contributed by atoms with Crippen LogP contribution in [0, 0.1) is 0 Å². The molecular formula is C20H19F3N4. The Bertz CT molecular complexity index is 878. The zero-order chi connectivity index (χ0) is 19.3. The predicted octanol–water partition coefficient (Wildman–Crippen LogP) is 5.94. The van der Waals surface area contributed by atoms with Crippen molar-refractivity contribution in [2.45, 2.75) is 25.9 Å². The first-order valence-electron chi connectivity index (χ1n) is 8.58. The summed E-state index contributed by atoms with van der Waals surface area (Å²) in [7, 11) is 0. The van der Waals surface area contributed by atoms with Crippen LogP contribution >= 0.6 is 0 Å². The van der Waals surface area contributed by atoms with Gasteiger partial charge in [-0.25, -0.2) is 4.98 Å². The fraction of sp³-hybridized carbons (Fsp3) is 0.200. The number of nitrogens with zero attached hydrogens (tertiary/aromatic N) is 2. The fourth-order valence-corrected chi connectivity index (χ4v) is 2.58. The molecule has 0 aliphatic carbocycles. The fourth-order valence-electron chi connectivity index (χ4n) is 2.58. The van der Waals surface area contributed by atoms with Crippen molar-refractivity contribution in [1.29, 1.82) is 0 Å². The number of alkyl halides is 3. The van der Waals surface area contributed by atoms with Gasteiger partial charge in [-0.2, -0.15) is 18.2 Å². The number of halogens is 3. The minimum atomic E-state index is -4.56. The van der Waals surface area contributed by atoms with Gasteiger partial charge < -0.3 is 10.6 Å². The van der Waals surface area contributed by atoms with Crippen LogP contribution in [0.5, 0.6) is 0 Å². The van der Waals surface area contributed by atoms with Crippen LogP contribution in [0.3, 0.4) is 0 Å². The van der Waals surface area contributed by atoms with E-state index in [1.165, 1.54) is 5.56 Å². The van der Waals surface area contributed by atoms with Crippen LogP contribution in [0.4, 0.5) is 36.3 Å². The summed E-state index contributed by atoms with van der Waals surface area (Å²) < 4.78 is 39.9. The topological polar surface area (TPSA) is 49.8 Å². The van der Waals surface area contributed by atoms with E-state index >= 15 is 0 Å². The monoisotopic (exact) mass is 372 g/mol. The standard InChI is InChI=1S/C20H19F3N4/c1-2-6-14-9-11-16(12-10-14)26-19-24-13-17(20(21,22)23)18(27-19)25-15-7-4-3-5-8-15/h3-5,7-13H,2,6H2,1H3,(H2,24,25,26,27). The smallest absolute Gasteiger partial charge is 0.340 e. The first-order chi connectivity index (χ1) is 13.0. The molecule has 0 radical (unpaired) electrons. The molecule has 0 unspecified atom stereocenters. The quantitative estimate of drug-likeness (QED) is 0.563. The highest BCUT2D eigenvalue weighted by Gasteiger charge is 2.35. The number of hydrogen-bond donors (Lipinski definition) is 2. The molecule has 0 amide bonds. The van der Waals surface area contributed by atoms with Crippen molar-refractivity contribution >= 4 is 23.1 Å². The number of nitrogens with one attached hydrogen (secondary N) is 2. The number of hydrogen-bond acceptors (Lipinski definition) is 4. The maximum Gasteiger partial charge on any atom is 0.421 e. The van der Waals surface area contributed by atoms with Crippen LogP contribution in [0.15, 0.2) is 60.8 Å². The normalized spacial score (nSPS) is 11.3. The van der Waals surface area contributed by atoms with Crippen LogP contribution in [-0.4, -0.2) is 9.97 Å². The van der Waals surface area contributed by atoms with Gasteiger partial charge in [-0.3, -0.25) is 0 Å². The highest BCUT2D eigenvalue weighted by Crippen LogP contribution is 2.35. The van der Waals surface area contributed by atoms with Gasteiger partial charge in [-0.05, 0) is 36.2 Å². The first kappa shape index (κ1) is 18.7. The number of aryl methyl sites for hydroxylation is 1. The summed E-state index contributed by atoms with van der Waals surface area (Å²) >= 11 is 0. The summed E-state index contributed by atoms with van der Waals surface area (Å²) in [5, 5.41) is 5.67. The number of para-hydroxylation sites is 1. The van der Waals surface area contributed by atoms with Crippen molar-refractivity contribution in [2.24, 2.45) is 0 Å². The van der Waals surface area contributed by atoms with Crippen molar-refractivity contribution in [3.8, 4) is 0 Å². The molecule has 0 spiro atoms. The van der Waals surface area contributed by atoms with Gasteiger partial charge in [-0.15, -0.1) is 0 Å². The average Bonchev–Trinajstić information content (AvgIpc) is 2.64. The molecule has 3 rings (SSSR count). The summed E-state index contributed by atoms with van der Waals surface area (Å²) in [6.07, 6.45) is -1.75. The second-order valence-electron chi connectivity index (χ2n) is 6.02. The van der Waals surface area contributed by atoms with E-state index in [9.17, 15) is 13.2 Å². The van der Waals surface area contributed by atoms with Crippen LogP contribution in [0.2, 0.25) is 0 Å². The number of anilines is 4. The molecule has 0 aliphatic rings. The van der Waals surface area contributed by atoms with Crippen LogP contribution in [-0.2, 0) is 12.6 Å². The van der Waals surface area contributed by atoms with Crippen LogP contribution in [0.1, 0.15) is 24.5 Å². The third-order valence-corrected chi connectivity index (χ3v) is 3.88. The Labute approximate surface area is 155 Å². The predicted molar refractivity (Wildman–Crippen MR) is 100 cm³/mol. The lowest BCUT2D eigenvalue weighted by Gasteiger charge is -2.15. The van der Waals surface area contributed by atoms with E-state index in [-0.39, 0.29) is 11.8 Å². The molecule has 2 N–H and O–H groups in total. The lowest BCUT2D eigenvalue weighted by molar-refractivity contribution is -0.137. The van der Waals surface area contributed by atoms with Crippen molar-refractivity contribution < 1.29 is 13.2 Å². The third-order valence-electron chi connectivity index (χ3n) is 3.88. The molecule has 0 saturated carbocycles. The van der Waals surface area contributed by atoms with Gasteiger partial charge in [0.2, 0.25) is 5.95 Å². The van der Waals surface area contributed by atoms with Crippen molar-refractivity contribution in [2.75, 3.05) is 10.6 Å². The van der Waals surface area contributed by atoms with Gasteiger partial charge in [0, 0.05) is 17.6 Å². The van der Waals surface area contributed by atoms with E-state index in [1.807, 2.05) is 24.3 Å². The van der Waals surface area contributed by atoms with E-state index in [4.69, 9.17) is 0 Å². The Morgan fingerprint density at radius 3 is 2.19 bits per heavy atom. The van der Waals surface area contributed by atoms with Crippen molar-refractivity contribution in [3.05, 3.63) is 71.9 Å². The molecule has 2 aromatic carbocycles. The number of rotatable bonds is 6. The largest absolute Gasteiger partial charge is 0.421 e. The lowest BCUT2D eigenvalue weighted by Crippen LogP contribution is -2.12. The van der Waals surface area contributed by atoms with Crippen molar-refractivity contribution in [1.82, 2.24) is 9.97 Å². The maximum atomic E-state index is 13.3. The molecule has 1 heterocycles. The Morgan fingerprint density at radius 2 is 1.56 bits per heavy atom. The number of benzene rings is 2. The van der Waals surface area contributed by atoms with Gasteiger partial charge in [0.05, 0.1) is 0 Å². The van der Waals surface area contributed by atoms with E-state index in [0.29, 0.717) is 11.4 Å². The molecule has 0 bridgehead atoms. The Hall–Kier alpha value is -3.09. The molecule has 0 aliphatic heterocycles. The summed E-state index contributed by atoms with van der Waals surface area (Å²) in [6.45, 7) is 2.10. The molecule has 7 heteroatoms. The van der Waals surface area contributed by atoms with Crippen LogP contribution in [0.25, 0.3) is 0 Å². The summed E-state index contributed by atoms with van der Waals surface area (Å²) in [5.41, 5.74) is 1.50. The van der Waals surface area contributed by atoms with Gasteiger partial charge in [-0.1, -0.05) is 43.7 Å². The summed E-state index contributed by atoms with van der Waals surface area (Å²) in [4.78, 5) is 7.85. The van der Waals surface area contributed by atoms with Crippen LogP contribution < -0.4 is 10.6 Å². The highest BCUT2D eigenvalue weighted by molar-refractivity contribution is 5.62. The van der Waals surface area contributed by atoms with E-state index in [1.54, 1.807) is 30.3 Å². The average molecular weight is 372 g/mol. The lowest BCUT2D eigenvalue weighted by atomic mass is 10.1. The second-order valence-corrected chi connectivity index (χ2v) is 6.02. The molecule has 1 aromatic heterocycles. The maximum absolute atomic E-state index is 13.3. The SMILES string of the molecule is CCCc1ccc(Nc2ncc(C(F)(F)F)c(Nc3ccccc3)n2)cc1. The minimum absolute atomic E-state index is 0.0877. The molecule has 4 nitrogen and oxygen atoms in total. The number of aromatic nitrogens is 2. The third kappa shape index (κ3) is 4.97. The molecule has 0 fully saturated rings. The second kappa shape index (κ2) is 8.07. The molecule has 0 saturated heterocycles. The first-order valence-corrected chi connectivity index (χ1v) is 8.58. The van der Waals surface area contributed by atoms with Crippen molar-refractivity contribution in [3.63, 3.8) is 0 Å². The van der Waals surface area contributed by atoms with Gasteiger partial charge >= 0.3 is 6.18 Å². The van der Waals surface area contributed by atoms with E-state index in [2.05, 4.69) is 27.5 Å². The molecule has 3 aromatic rings. The highest BCUT2D eigenvalue weighted by atomic mass is 19.4. The van der Waals surface area contributed by atoms with Gasteiger partial charge in [0.25, 0.3) is 0 Å². The van der Waals surface area contributed by atoms with Gasteiger partial charge in [0.1, 0.15) is 11.4 Å². The zero-order valence-corrected chi connectivity index (χ0v) is 14.7. The molecular weight excluding hydrogens is 353 g/mol. The Kier molecular flexibility index (Phi) is 5.59.